The molecule has 0 amide bonds. The van der Waals surface area contributed by atoms with Crippen molar-refractivity contribution in [3.05, 3.63) is 11.8 Å². The lowest BCUT2D eigenvalue weighted by Gasteiger charge is -2.43. The molecule has 1 saturated heterocycles. The summed E-state index contributed by atoms with van der Waals surface area (Å²) in [7, 11) is 0. The molecule has 1 unspecified atom stereocenters. The van der Waals surface area contributed by atoms with E-state index < -0.39 is 43.6 Å². The molecular formula is C16H26O8. The van der Waals surface area contributed by atoms with Gasteiger partial charge in [-0.25, -0.2) is 0 Å². The second-order valence-corrected chi connectivity index (χ2v) is 6.90. The smallest absolute Gasteiger partial charge is 0.205 e. The van der Waals surface area contributed by atoms with E-state index in [1.54, 1.807) is 6.26 Å². The van der Waals surface area contributed by atoms with Crippen molar-refractivity contribution in [1.82, 2.24) is 0 Å². The summed E-state index contributed by atoms with van der Waals surface area (Å²) in [5.74, 6) is 0.173. The first-order valence-corrected chi connectivity index (χ1v) is 8.36. The second-order valence-electron chi connectivity index (χ2n) is 6.90. The van der Waals surface area contributed by atoms with Gasteiger partial charge in [-0.1, -0.05) is 0 Å². The summed E-state index contributed by atoms with van der Waals surface area (Å²) in [6.07, 6.45) is -3.98. The van der Waals surface area contributed by atoms with Gasteiger partial charge in [-0.2, -0.15) is 0 Å². The van der Waals surface area contributed by atoms with Gasteiger partial charge in [-0.15, -0.1) is 0 Å². The molecule has 1 aliphatic carbocycles. The maximum Gasteiger partial charge on any atom is 0.205 e. The first-order chi connectivity index (χ1) is 11.5. The Balaban J connectivity index is 1.74. The fourth-order valence-corrected chi connectivity index (χ4v) is 4.05. The molecule has 2 aliphatic heterocycles. The van der Waals surface area contributed by atoms with Crippen molar-refractivity contribution in [1.29, 1.82) is 0 Å². The van der Waals surface area contributed by atoms with Crippen LogP contribution in [0.25, 0.3) is 0 Å². The van der Waals surface area contributed by atoms with Crippen LogP contribution < -0.4 is 0 Å². The van der Waals surface area contributed by atoms with Crippen molar-refractivity contribution in [2.24, 2.45) is 17.8 Å². The number of hydrogen-bond acceptors (Lipinski definition) is 8. The predicted octanol–water partition coefficient (Wildman–Crippen LogP) is -1.30. The van der Waals surface area contributed by atoms with Crippen LogP contribution in [0, 0.1) is 17.8 Å². The maximum atomic E-state index is 10.1. The highest BCUT2D eigenvalue weighted by atomic mass is 16.8. The first-order valence-electron chi connectivity index (χ1n) is 8.36. The van der Waals surface area contributed by atoms with Gasteiger partial charge in [0.1, 0.15) is 24.4 Å². The number of allylic oxidation sites excluding steroid dienone is 1. The molecule has 24 heavy (non-hydrogen) atoms. The summed E-state index contributed by atoms with van der Waals surface area (Å²) in [5, 5.41) is 48.6. The Kier molecular flexibility index (Phi) is 5.45. The van der Waals surface area contributed by atoms with Crippen molar-refractivity contribution in [3.63, 3.8) is 0 Å². The predicted molar refractivity (Wildman–Crippen MR) is 80.3 cm³/mol. The number of ether oxygens (including phenoxy) is 3. The van der Waals surface area contributed by atoms with E-state index in [0.29, 0.717) is 0 Å². The van der Waals surface area contributed by atoms with E-state index in [-0.39, 0.29) is 24.4 Å². The molecule has 0 spiro atoms. The highest BCUT2D eigenvalue weighted by Gasteiger charge is 2.50. The molecule has 3 rings (SSSR count). The number of hydrogen-bond donors (Lipinski definition) is 5. The van der Waals surface area contributed by atoms with Gasteiger partial charge < -0.3 is 39.7 Å². The van der Waals surface area contributed by atoms with Crippen molar-refractivity contribution >= 4 is 0 Å². The number of aliphatic hydroxyl groups is 5. The van der Waals surface area contributed by atoms with Crippen LogP contribution in [-0.4, -0.2) is 75.7 Å². The standard InChI is InChI=1S/C16H26O8/c1-7-6-22-15(11-8(4-17)2-3-9(7)11)24-16-14(21)13(20)12(19)10(5-18)23-16/h6,8-21H,2-5H2,1H3/t8-,9-,10-,11-,12-,13+,14-,15?,16+/m1/s1. The Hall–Kier alpha value is -0.740. The lowest BCUT2D eigenvalue weighted by molar-refractivity contribution is -0.342. The van der Waals surface area contributed by atoms with Gasteiger partial charge in [-0.05, 0) is 37.2 Å². The Bertz CT molecular complexity index is 467. The van der Waals surface area contributed by atoms with Crippen LogP contribution >= 0.6 is 0 Å². The first kappa shape index (κ1) is 18.1. The Morgan fingerprint density at radius 2 is 1.79 bits per heavy atom. The largest absolute Gasteiger partial charge is 0.472 e. The third-order valence-electron chi connectivity index (χ3n) is 5.50. The van der Waals surface area contributed by atoms with Crippen LogP contribution in [-0.2, 0) is 14.2 Å². The quantitative estimate of drug-likeness (QED) is 0.425. The molecule has 1 saturated carbocycles. The Morgan fingerprint density at radius 1 is 1.04 bits per heavy atom. The van der Waals surface area contributed by atoms with Crippen LogP contribution in [0.4, 0.5) is 0 Å². The summed E-state index contributed by atoms with van der Waals surface area (Å²) in [4.78, 5) is 0. The lowest BCUT2D eigenvalue weighted by atomic mass is 9.84. The van der Waals surface area contributed by atoms with Crippen LogP contribution in [0.3, 0.4) is 0 Å². The van der Waals surface area contributed by atoms with Gasteiger partial charge in [0.25, 0.3) is 0 Å². The fraction of sp³-hybridized carbons (Fsp3) is 0.875. The summed E-state index contributed by atoms with van der Waals surface area (Å²) in [6.45, 7) is 1.48. The minimum absolute atomic E-state index is 0.0202. The monoisotopic (exact) mass is 346 g/mol. The van der Waals surface area contributed by atoms with Gasteiger partial charge in [0.2, 0.25) is 6.29 Å². The van der Waals surface area contributed by atoms with Gasteiger partial charge >= 0.3 is 0 Å². The minimum atomic E-state index is -1.49. The molecule has 5 N–H and O–H groups in total. The fourth-order valence-electron chi connectivity index (χ4n) is 4.05. The number of fused-ring (bicyclic) bond motifs is 1. The summed E-state index contributed by atoms with van der Waals surface area (Å²) < 4.78 is 16.8. The molecule has 3 aliphatic rings. The Morgan fingerprint density at radius 3 is 2.46 bits per heavy atom. The maximum absolute atomic E-state index is 10.1. The molecule has 0 aromatic heterocycles. The number of aliphatic hydroxyl groups excluding tert-OH is 5. The molecule has 0 radical (unpaired) electrons. The number of rotatable bonds is 4. The van der Waals surface area contributed by atoms with E-state index in [2.05, 4.69) is 0 Å². The highest BCUT2D eigenvalue weighted by Crippen LogP contribution is 2.47. The summed E-state index contributed by atoms with van der Waals surface area (Å²) in [6, 6.07) is 0. The van der Waals surface area contributed by atoms with Crippen LogP contribution in [0.5, 0.6) is 0 Å². The molecule has 9 atom stereocenters. The topological polar surface area (TPSA) is 129 Å². The third-order valence-corrected chi connectivity index (χ3v) is 5.50. The average molecular weight is 346 g/mol. The van der Waals surface area contributed by atoms with Crippen LogP contribution in [0.2, 0.25) is 0 Å². The zero-order valence-electron chi connectivity index (χ0n) is 13.6. The van der Waals surface area contributed by atoms with Gasteiger partial charge in [0, 0.05) is 12.5 Å². The molecule has 8 heteroatoms. The van der Waals surface area contributed by atoms with Crippen molar-refractivity contribution in [3.8, 4) is 0 Å². The van der Waals surface area contributed by atoms with Crippen molar-refractivity contribution < 1.29 is 39.7 Å². The second kappa shape index (κ2) is 7.25. The zero-order valence-corrected chi connectivity index (χ0v) is 13.6. The lowest BCUT2D eigenvalue weighted by Crippen LogP contribution is -2.60. The van der Waals surface area contributed by atoms with Crippen LogP contribution in [0.15, 0.2) is 11.8 Å². The molecule has 0 bridgehead atoms. The van der Waals surface area contributed by atoms with Gasteiger partial charge in [-0.3, -0.25) is 0 Å². The van der Waals surface area contributed by atoms with E-state index in [9.17, 15) is 25.5 Å². The average Bonchev–Trinajstić information content (AvgIpc) is 3.02. The molecule has 0 aromatic rings. The normalized spacial score (nSPS) is 48.6. The zero-order chi connectivity index (χ0) is 17.4. The van der Waals surface area contributed by atoms with Gasteiger partial charge in [0.05, 0.1) is 12.9 Å². The van der Waals surface area contributed by atoms with Crippen molar-refractivity contribution in [2.75, 3.05) is 13.2 Å². The summed E-state index contributed by atoms with van der Waals surface area (Å²) in [5.41, 5.74) is 1.09. The molecule has 0 aromatic carbocycles. The molecule has 138 valence electrons. The summed E-state index contributed by atoms with van der Waals surface area (Å²) >= 11 is 0. The SMILES string of the molecule is CC1=COC(O[C@@H]2O[C@H](CO)[C@@H](O)[C@H](O)[C@H]2O)[C@@H]2[C@@H](CO)CC[C@H]12. The Labute approximate surface area is 140 Å². The highest BCUT2D eigenvalue weighted by molar-refractivity contribution is 5.10. The molecule has 2 heterocycles. The van der Waals surface area contributed by atoms with E-state index in [1.165, 1.54) is 0 Å². The van der Waals surface area contributed by atoms with E-state index >= 15 is 0 Å². The van der Waals surface area contributed by atoms with E-state index in [4.69, 9.17) is 14.2 Å². The van der Waals surface area contributed by atoms with E-state index in [1.807, 2.05) is 6.92 Å². The molecular weight excluding hydrogens is 320 g/mol. The minimum Gasteiger partial charge on any atom is -0.472 e. The molecule has 2 fully saturated rings. The van der Waals surface area contributed by atoms with E-state index in [0.717, 1.165) is 18.4 Å². The van der Waals surface area contributed by atoms with Crippen molar-refractivity contribution in [2.45, 2.75) is 56.8 Å². The van der Waals surface area contributed by atoms with Gasteiger partial charge in [0.15, 0.2) is 6.29 Å². The molecule has 8 nitrogen and oxygen atoms in total. The third kappa shape index (κ3) is 3.08. The van der Waals surface area contributed by atoms with Crippen LogP contribution in [0.1, 0.15) is 19.8 Å².